The Kier molecular flexibility index (Phi) is 11.1. The first kappa shape index (κ1) is 15.0. The summed E-state index contributed by atoms with van der Waals surface area (Å²) in [5, 5.41) is 16.4. The molecular formula is C3H8KNO4S2. The van der Waals surface area contributed by atoms with Gasteiger partial charge in [-0.25, -0.2) is 4.79 Å². The van der Waals surface area contributed by atoms with E-state index >= 15 is 0 Å². The van der Waals surface area contributed by atoms with Crippen LogP contribution in [-0.4, -0.2) is 84.3 Å². The first-order valence-electron chi connectivity index (χ1n) is 2.25. The zero-order valence-corrected chi connectivity index (χ0v) is 6.63. The number of aliphatic hydroxyl groups excluding tert-OH is 1. The predicted molar refractivity (Wildman–Crippen MR) is 46.5 cm³/mol. The Bertz CT molecular complexity index is 122. The van der Waals surface area contributed by atoms with Crippen molar-refractivity contribution in [3.8, 4) is 0 Å². The van der Waals surface area contributed by atoms with Crippen molar-refractivity contribution in [2.45, 2.75) is 6.29 Å². The molecule has 0 heterocycles. The number of ether oxygens (including phenoxy) is 1. The van der Waals surface area contributed by atoms with Crippen LogP contribution in [-0.2, 0) is 4.74 Å². The van der Waals surface area contributed by atoms with Gasteiger partial charge in [0.05, 0.1) is 0 Å². The van der Waals surface area contributed by atoms with E-state index < -0.39 is 19.0 Å². The molecule has 0 aromatic heterocycles. The Morgan fingerprint density at radius 3 is 2.27 bits per heavy atom. The minimum atomic E-state index is -1.66. The van der Waals surface area contributed by atoms with E-state index in [-0.39, 0.29) is 51.4 Å². The van der Waals surface area contributed by atoms with Crippen molar-refractivity contribution < 1.29 is 19.7 Å². The van der Waals surface area contributed by atoms with Crippen molar-refractivity contribution in [3.63, 3.8) is 0 Å². The van der Waals surface area contributed by atoms with E-state index in [0.717, 1.165) is 0 Å². The van der Waals surface area contributed by atoms with Crippen LogP contribution in [0.15, 0.2) is 0 Å². The Morgan fingerprint density at radius 1 is 1.55 bits per heavy atom. The topological polar surface area (TPSA) is 70.0 Å². The molecule has 62 valence electrons. The van der Waals surface area contributed by atoms with E-state index in [1.807, 2.05) is 0 Å². The summed E-state index contributed by atoms with van der Waals surface area (Å²) in [4.78, 5) is 10.4. The molecular weight excluding hydrogens is 217 g/mol. The van der Waals surface area contributed by atoms with Gasteiger partial charge in [0.1, 0.15) is 6.61 Å². The van der Waals surface area contributed by atoms with Gasteiger partial charge in [0.25, 0.3) is 0 Å². The number of hydrogen-bond acceptors (Lipinski definition) is 6. The molecule has 0 fully saturated rings. The maximum atomic E-state index is 10.4. The number of amides is 1. The molecule has 0 rings (SSSR count). The van der Waals surface area contributed by atoms with E-state index in [2.05, 4.69) is 30.4 Å². The number of carbonyl (C=O) groups excluding carboxylic acids is 1. The van der Waals surface area contributed by atoms with Crippen LogP contribution in [0.5, 0.6) is 0 Å². The number of nitrogens with zero attached hydrogens (tertiary/aromatic N) is 1. The van der Waals surface area contributed by atoms with Crippen LogP contribution in [0.4, 0.5) is 4.79 Å². The summed E-state index contributed by atoms with van der Waals surface area (Å²) in [5.41, 5.74) is 0. The van der Waals surface area contributed by atoms with E-state index in [9.17, 15) is 4.79 Å². The quantitative estimate of drug-likeness (QED) is 0.270. The number of carbonyl (C=O) groups is 1. The molecule has 2 N–H and O–H groups in total. The molecule has 0 atom stereocenters. The van der Waals surface area contributed by atoms with Crippen molar-refractivity contribution in [2.24, 2.45) is 0 Å². The molecule has 11 heavy (non-hydrogen) atoms. The fourth-order valence-electron chi connectivity index (χ4n) is 0.204. The average Bonchev–Trinajstić information content (AvgIpc) is 1.82. The molecule has 8 heteroatoms. The third-order valence-electron chi connectivity index (χ3n) is 0.519. The van der Waals surface area contributed by atoms with Gasteiger partial charge >= 0.3 is 57.5 Å². The zero-order valence-electron chi connectivity index (χ0n) is 4.84. The summed E-state index contributed by atoms with van der Waals surface area (Å²) in [7, 11) is 0. The third-order valence-corrected chi connectivity index (χ3v) is 0.846. The predicted octanol–water partition coefficient (Wildman–Crippen LogP) is -1.22. The van der Waals surface area contributed by atoms with Crippen molar-refractivity contribution in [1.82, 2.24) is 3.71 Å². The molecule has 0 radical (unpaired) electrons. The normalized spacial score (nSPS) is 8.82. The fourth-order valence-corrected chi connectivity index (χ4v) is 0.319. The minimum absolute atomic E-state index is 0. The van der Waals surface area contributed by atoms with Gasteiger partial charge in [0, 0.05) is 0 Å². The molecule has 0 saturated heterocycles. The maximum absolute atomic E-state index is 10.4. The second kappa shape index (κ2) is 8.14. The van der Waals surface area contributed by atoms with Gasteiger partial charge in [-0.15, -0.1) is 0 Å². The molecule has 1 amide bonds. The Balaban J connectivity index is 0. The Morgan fingerprint density at radius 2 is 2.00 bits per heavy atom. The molecule has 0 saturated carbocycles. The Hall–Kier alpha value is 1.53. The van der Waals surface area contributed by atoms with Crippen LogP contribution in [0.25, 0.3) is 0 Å². The van der Waals surface area contributed by atoms with Gasteiger partial charge in [0.15, 0.2) is 6.29 Å². The first-order valence-corrected chi connectivity index (χ1v) is 3.05. The Labute approximate surface area is 118 Å². The summed E-state index contributed by atoms with van der Waals surface area (Å²) >= 11 is 6.91. The van der Waals surface area contributed by atoms with Crippen LogP contribution in [0.3, 0.4) is 0 Å². The fraction of sp³-hybridized carbons (Fsp3) is 0.667. The number of thiol groups is 2. The molecule has 0 aliphatic carbocycles. The van der Waals surface area contributed by atoms with E-state index in [1.54, 1.807) is 0 Å². The van der Waals surface area contributed by atoms with Crippen molar-refractivity contribution in [3.05, 3.63) is 0 Å². The van der Waals surface area contributed by atoms with Gasteiger partial charge < -0.3 is 14.9 Å². The zero-order chi connectivity index (χ0) is 8.15. The second-order valence-electron chi connectivity index (χ2n) is 1.35. The van der Waals surface area contributed by atoms with E-state index in [0.29, 0.717) is 3.71 Å². The standard InChI is InChI=1S/C3H7NO4S2.K.H/c5-2(6)1-8-3(7)4(9)10;;/h2,5-6,9-10H,1H2;;. The summed E-state index contributed by atoms with van der Waals surface area (Å²) in [5.74, 6) is 0. The van der Waals surface area contributed by atoms with Crippen LogP contribution in [0, 0.1) is 0 Å². The molecule has 0 aliphatic rings. The van der Waals surface area contributed by atoms with Gasteiger partial charge in [0.2, 0.25) is 0 Å². The van der Waals surface area contributed by atoms with Crippen LogP contribution < -0.4 is 0 Å². The van der Waals surface area contributed by atoms with Gasteiger partial charge in [-0.1, -0.05) is 0 Å². The van der Waals surface area contributed by atoms with Crippen LogP contribution in [0.2, 0.25) is 0 Å². The van der Waals surface area contributed by atoms with Crippen molar-refractivity contribution in [2.75, 3.05) is 6.61 Å². The SMILES string of the molecule is O=C(OCC(O)O)N(S)S.[KH]. The van der Waals surface area contributed by atoms with Crippen molar-refractivity contribution in [1.29, 1.82) is 0 Å². The summed E-state index contributed by atoms with van der Waals surface area (Å²) in [6.07, 6.45) is -2.52. The number of aliphatic hydroxyl groups is 2. The van der Waals surface area contributed by atoms with Crippen molar-refractivity contribution >= 4 is 83.1 Å². The van der Waals surface area contributed by atoms with E-state index in [1.165, 1.54) is 0 Å². The molecule has 0 bridgehead atoms. The molecule has 0 unspecified atom stereocenters. The average molecular weight is 225 g/mol. The molecule has 0 spiro atoms. The molecule has 5 nitrogen and oxygen atoms in total. The number of rotatable bonds is 2. The van der Waals surface area contributed by atoms with Gasteiger partial charge in [-0.2, -0.15) is 3.71 Å². The van der Waals surface area contributed by atoms with Crippen LogP contribution in [0.1, 0.15) is 0 Å². The van der Waals surface area contributed by atoms with Crippen LogP contribution >= 0.6 is 25.6 Å². The summed E-state index contributed by atoms with van der Waals surface area (Å²) in [6, 6.07) is 0. The number of hydrogen-bond donors (Lipinski definition) is 4. The monoisotopic (exact) mass is 225 g/mol. The molecule has 0 aromatic carbocycles. The molecule has 0 aliphatic heterocycles. The third kappa shape index (κ3) is 9.44. The van der Waals surface area contributed by atoms with Gasteiger partial charge in [-0.3, -0.25) is 0 Å². The first-order chi connectivity index (χ1) is 4.54. The molecule has 0 aromatic rings. The summed E-state index contributed by atoms with van der Waals surface area (Å²) < 4.78 is 4.78. The summed E-state index contributed by atoms with van der Waals surface area (Å²) in [6.45, 7) is -0.490. The van der Waals surface area contributed by atoms with E-state index in [4.69, 9.17) is 10.2 Å². The second-order valence-corrected chi connectivity index (χ2v) is 2.46. The van der Waals surface area contributed by atoms with Gasteiger partial charge in [-0.05, 0) is 25.6 Å².